The molecule has 7 nitrogen and oxygen atoms in total. The highest BCUT2D eigenvalue weighted by molar-refractivity contribution is 6.02. The Labute approximate surface area is 145 Å². The maximum atomic E-state index is 14.4. The molecule has 0 spiro atoms. The molecule has 3 rings (SSSR count). The second-order valence-corrected chi connectivity index (χ2v) is 6.39. The van der Waals surface area contributed by atoms with E-state index in [1.165, 1.54) is 17.0 Å². The molecule has 1 amide bonds. The van der Waals surface area contributed by atoms with Crippen molar-refractivity contribution < 1.29 is 28.2 Å². The monoisotopic (exact) mass is 352 g/mol. The molecular weight excluding hydrogens is 331 g/mol. The Kier molecular flexibility index (Phi) is 4.55. The van der Waals surface area contributed by atoms with Gasteiger partial charge in [-0.25, -0.2) is 9.18 Å². The summed E-state index contributed by atoms with van der Waals surface area (Å²) in [4.78, 5) is 25.6. The highest BCUT2D eigenvalue weighted by Crippen LogP contribution is 2.39. The second-order valence-electron chi connectivity index (χ2n) is 6.39. The van der Waals surface area contributed by atoms with Crippen LogP contribution in [0.1, 0.15) is 20.8 Å². The topological polar surface area (TPSA) is 77.1 Å². The van der Waals surface area contributed by atoms with Crippen molar-refractivity contribution in [3.8, 4) is 11.5 Å². The first kappa shape index (κ1) is 17.5. The van der Waals surface area contributed by atoms with E-state index in [9.17, 15) is 14.0 Å². The molecule has 1 atom stereocenters. The van der Waals surface area contributed by atoms with Crippen LogP contribution in [0, 0.1) is 5.82 Å². The average molecular weight is 352 g/mol. The van der Waals surface area contributed by atoms with Gasteiger partial charge < -0.3 is 19.5 Å². The first-order chi connectivity index (χ1) is 11.8. The zero-order chi connectivity index (χ0) is 18.2. The summed E-state index contributed by atoms with van der Waals surface area (Å²) < 4.78 is 30.4. The van der Waals surface area contributed by atoms with E-state index in [0.29, 0.717) is 18.8 Å². The van der Waals surface area contributed by atoms with Crippen LogP contribution in [0.3, 0.4) is 0 Å². The van der Waals surface area contributed by atoms with Gasteiger partial charge in [0, 0.05) is 25.2 Å². The zero-order valence-corrected chi connectivity index (χ0v) is 14.4. The molecule has 0 bridgehead atoms. The third kappa shape index (κ3) is 3.26. The molecule has 1 aromatic carbocycles. The smallest absolute Gasteiger partial charge is 0.328 e. The normalized spacial score (nSPS) is 19.4. The van der Waals surface area contributed by atoms with Gasteiger partial charge in [-0.3, -0.25) is 9.69 Å². The molecule has 1 unspecified atom stereocenters. The third-order valence-corrected chi connectivity index (χ3v) is 4.26. The summed E-state index contributed by atoms with van der Waals surface area (Å²) in [6, 6.07) is 1.73. The van der Waals surface area contributed by atoms with Gasteiger partial charge in [-0.15, -0.1) is 0 Å². The van der Waals surface area contributed by atoms with Crippen molar-refractivity contribution in [1.29, 1.82) is 0 Å². The SMILES string of the molecule is CCOC(=O)C(C)N1C(=O)COc2cc(F)c(OC3(C)CNC3)cc21. The van der Waals surface area contributed by atoms with Crippen LogP contribution >= 0.6 is 0 Å². The van der Waals surface area contributed by atoms with E-state index in [0.717, 1.165) is 0 Å². The lowest BCUT2D eigenvalue weighted by Crippen LogP contribution is -2.61. The molecule has 1 fully saturated rings. The van der Waals surface area contributed by atoms with Crippen molar-refractivity contribution in [2.45, 2.75) is 32.4 Å². The van der Waals surface area contributed by atoms with Crippen LogP contribution < -0.4 is 19.7 Å². The highest BCUT2D eigenvalue weighted by atomic mass is 19.1. The van der Waals surface area contributed by atoms with E-state index in [4.69, 9.17) is 14.2 Å². The molecule has 136 valence electrons. The quantitative estimate of drug-likeness (QED) is 0.804. The minimum Gasteiger partial charge on any atom is -0.482 e. The van der Waals surface area contributed by atoms with Crippen molar-refractivity contribution in [2.75, 3.05) is 31.2 Å². The van der Waals surface area contributed by atoms with Crippen LogP contribution in [-0.2, 0) is 14.3 Å². The predicted octanol–water partition coefficient (Wildman–Crippen LogP) is 1.24. The average Bonchev–Trinajstić information content (AvgIpc) is 2.54. The standard InChI is InChI=1S/C17H21FN2O5/c1-4-23-16(22)10(2)20-12-6-13(25-17(3)8-19-9-17)11(18)5-14(12)24-7-15(20)21/h5-6,10,19H,4,7-9H2,1-3H3. The van der Waals surface area contributed by atoms with Gasteiger partial charge in [-0.2, -0.15) is 0 Å². The molecule has 1 saturated heterocycles. The Bertz CT molecular complexity index is 705. The zero-order valence-electron chi connectivity index (χ0n) is 14.4. The number of benzene rings is 1. The van der Waals surface area contributed by atoms with Gasteiger partial charge in [0.1, 0.15) is 17.4 Å². The minimum atomic E-state index is -0.852. The molecule has 0 aliphatic carbocycles. The van der Waals surface area contributed by atoms with Gasteiger partial charge >= 0.3 is 5.97 Å². The lowest BCUT2D eigenvalue weighted by molar-refractivity contribution is -0.145. The lowest BCUT2D eigenvalue weighted by Gasteiger charge is -2.40. The van der Waals surface area contributed by atoms with Crippen LogP contribution in [0.15, 0.2) is 12.1 Å². The number of carbonyl (C=O) groups is 2. The Hall–Kier alpha value is -2.35. The third-order valence-electron chi connectivity index (χ3n) is 4.26. The number of ether oxygens (including phenoxy) is 3. The van der Waals surface area contributed by atoms with Gasteiger partial charge in [0.05, 0.1) is 12.3 Å². The molecule has 0 saturated carbocycles. The van der Waals surface area contributed by atoms with Crippen LogP contribution in [0.25, 0.3) is 0 Å². The highest BCUT2D eigenvalue weighted by Gasteiger charge is 2.38. The summed E-state index contributed by atoms with van der Waals surface area (Å²) in [5, 5.41) is 3.07. The van der Waals surface area contributed by atoms with Crippen molar-refractivity contribution in [3.63, 3.8) is 0 Å². The Morgan fingerprint density at radius 3 is 2.80 bits per heavy atom. The van der Waals surface area contributed by atoms with Crippen LogP contribution in [0.5, 0.6) is 11.5 Å². The van der Waals surface area contributed by atoms with Gasteiger partial charge in [0.2, 0.25) is 0 Å². The first-order valence-corrected chi connectivity index (χ1v) is 8.19. The summed E-state index contributed by atoms with van der Waals surface area (Å²) in [6.07, 6.45) is 0. The van der Waals surface area contributed by atoms with Gasteiger partial charge in [-0.05, 0) is 20.8 Å². The van der Waals surface area contributed by atoms with Crippen molar-refractivity contribution >= 4 is 17.6 Å². The molecule has 2 aliphatic heterocycles. The van der Waals surface area contributed by atoms with Crippen LogP contribution in [-0.4, -0.2) is 49.8 Å². The summed E-state index contributed by atoms with van der Waals surface area (Å²) >= 11 is 0. The largest absolute Gasteiger partial charge is 0.482 e. The van der Waals surface area contributed by atoms with E-state index in [1.54, 1.807) is 13.8 Å². The number of hydrogen-bond acceptors (Lipinski definition) is 6. The van der Waals surface area contributed by atoms with E-state index >= 15 is 0 Å². The predicted molar refractivity (Wildman–Crippen MR) is 87.4 cm³/mol. The molecule has 2 heterocycles. The molecule has 25 heavy (non-hydrogen) atoms. The molecule has 1 N–H and O–H groups in total. The van der Waals surface area contributed by atoms with Crippen molar-refractivity contribution in [3.05, 3.63) is 17.9 Å². The summed E-state index contributed by atoms with van der Waals surface area (Å²) in [5.41, 5.74) is -0.212. The molecule has 0 aromatic heterocycles. The maximum absolute atomic E-state index is 14.4. The van der Waals surface area contributed by atoms with E-state index < -0.39 is 29.3 Å². The lowest BCUT2D eigenvalue weighted by atomic mass is 10.00. The Balaban J connectivity index is 1.95. The van der Waals surface area contributed by atoms with Crippen molar-refractivity contribution in [1.82, 2.24) is 5.32 Å². The fraction of sp³-hybridized carbons (Fsp3) is 0.529. The number of halogens is 1. The number of anilines is 1. The summed E-state index contributed by atoms with van der Waals surface area (Å²) in [6.45, 7) is 6.25. The fourth-order valence-corrected chi connectivity index (χ4v) is 2.86. The summed E-state index contributed by atoms with van der Waals surface area (Å²) in [7, 11) is 0. The Morgan fingerprint density at radius 2 is 2.20 bits per heavy atom. The Morgan fingerprint density at radius 1 is 1.48 bits per heavy atom. The number of esters is 1. The number of hydrogen-bond donors (Lipinski definition) is 1. The number of nitrogens with one attached hydrogen (secondary N) is 1. The van der Waals surface area contributed by atoms with E-state index in [1.807, 2.05) is 6.92 Å². The minimum absolute atomic E-state index is 0.0158. The number of amides is 1. The molecule has 8 heteroatoms. The molecule has 2 aliphatic rings. The fourth-order valence-electron chi connectivity index (χ4n) is 2.86. The van der Waals surface area contributed by atoms with E-state index in [2.05, 4.69) is 5.32 Å². The number of nitrogens with zero attached hydrogens (tertiary/aromatic N) is 1. The second kappa shape index (κ2) is 6.51. The number of carbonyl (C=O) groups excluding carboxylic acids is 2. The maximum Gasteiger partial charge on any atom is 0.328 e. The van der Waals surface area contributed by atoms with Gasteiger partial charge in [-0.1, -0.05) is 0 Å². The molecular formula is C17H21FN2O5. The number of rotatable bonds is 5. The number of fused-ring (bicyclic) bond motifs is 1. The van der Waals surface area contributed by atoms with Gasteiger partial charge in [0.25, 0.3) is 5.91 Å². The van der Waals surface area contributed by atoms with Crippen LogP contribution in [0.2, 0.25) is 0 Å². The summed E-state index contributed by atoms with van der Waals surface area (Å²) in [5.74, 6) is -1.31. The van der Waals surface area contributed by atoms with Gasteiger partial charge in [0.15, 0.2) is 18.2 Å². The first-order valence-electron chi connectivity index (χ1n) is 8.19. The molecule has 1 aromatic rings. The van der Waals surface area contributed by atoms with Crippen LogP contribution in [0.4, 0.5) is 10.1 Å². The van der Waals surface area contributed by atoms with E-state index in [-0.39, 0.29) is 24.7 Å². The van der Waals surface area contributed by atoms with Crippen molar-refractivity contribution in [2.24, 2.45) is 0 Å². The molecule has 0 radical (unpaired) electrons.